The van der Waals surface area contributed by atoms with Crippen LogP contribution in [0.25, 0.3) is 11.3 Å². The predicted octanol–water partition coefficient (Wildman–Crippen LogP) is 3.33. The number of piperidine rings is 1. The zero-order valence-electron chi connectivity index (χ0n) is 14.2. The smallest absolute Gasteiger partial charge is 0.270 e. The molecule has 4 heteroatoms. The van der Waals surface area contributed by atoms with Gasteiger partial charge in [0.25, 0.3) is 5.91 Å². The van der Waals surface area contributed by atoms with Crippen molar-refractivity contribution in [1.29, 1.82) is 0 Å². The molecular weight excluding hydrogens is 300 g/mol. The van der Waals surface area contributed by atoms with Crippen LogP contribution in [0.15, 0.2) is 42.5 Å². The van der Waals surface area contributed by atoms with E-state index in [1.807, 2.05) is 46.8 Å². The molecule has 1 aromatic heterocycles. The van der Waals surface area contributed by atoms with Crippen molar-refractivity contribution in [3.8, 4) is 11.3 Å². The maximum Gasteiger partial charge on any atom is 0.270 e. The molecule has 0 N–H and O–H groups in total. The van der Waals surface area contributed by atoms with Crippen molar-refractivity contribution in [3.05, 3.63) is 48.2 Å². The van der Waals surface area contributed by atoms with Gasteiger partial charge in [0.15, 0.2) is 0 Å². The van der Waals surface area contributed by atoms with Crippen LogP contribution in [-0.2, 0) is 11.8 Å². The van der Waals surface area contributed by atoms with E-state index in [4.69, 9.17) is 4.74 Å². The first-order chi connectivity index (χ1) is 11.7. The minimum atomic E-state index is 0.144. The van der Waals surface area contributed by atoms with Gasteiger partial charge in [0, 0.05) is 37.9 Å². The highest BCUT2D eigenvalue weighted by Gasteiger charge is 2.40. The third-order valence-corrected chi connectivity index (χ3v) is 5.54. The number of ether oxygens (including phenoxy) is 1. The quantitative estimate of drug-likeness (QED) is 0.849. The molecule has 4 nitrogen and oxygen atoms in total. The van der Waals surface area contributed by atoms with E-state index in [1.54, 1.807) is 0 Å². The monoisotopic (exact) mass is 324 g/mol. The number of carbonyl (C=O) groups is 1. The summed E-state index contributed by atoms with van der Waals surface area (Å²) >= 11 is 0. The first-order valence-corrected chi connectivity index (χ1v) is 8.77. The van der Waals surface area contributed by atoms with Crippen LogP contribution in [0.5, 0.6) is 0 Å². The maximum atomic E-state index is 13.1. The lowest BCUT2D eigenvalue weighted by molar-refractivity contribution is 0.0455. The van der Waals surface area contributed by atoms with Gasteiger partial charge in [-0.1, -0.05) is 30.3 Å². The fraction of sp³-hybridized carbons (Fsp3) is 0.450. The second kappa shape index (κ2) is 6.10. The number of rotatable bonds is 2. The number of benzene rings is 1. The Balaban J connectivity index is 1.58. The summed E-state index contributed by atoms with van der Waals surface area (Å²) in [7, 11) is 1.98. The highest BCUT2D eigenvalue weighted by atomic mass is 16.5. The highest BCUT2D eigenvalue weighted by molar-refractivity contribution is 5.94. The van der Waals surface area contributed by atoms with Gasteiger partial charge in [0.1, 0.15) is 5.69 Å². The van der Waals surface area contributed by atoms with Crippen LogP contribution in [0, 0.1) is 5.41 Å². The number of amides is 1. The average molecular weight is 324 g/mol. The van der Waals surface area contributed by atoms with Gasteiger partial charge in [0.05, 0.1) is 6.61 Å². The van der Waals surface area contributed by atoms with E-state index in [-0.39, 0.29) is 11.3 Å². The number of nitrogens with zero attached hydrogens (tertiary/aromatic N) is 2. The van der Waals surface area contributed by atoms with E-state index in [0.717, 1.165) is 56.1 Å². The van der Waals surface area contributed by atoms with Gasteiger partial charge in [-0.25, -0.2) is 0 Å². The van der Waals surface area contributed by atoms with Crippen LogP contribution < -0.4 is 0 Å². The van der Waals surface area contributed by atoms with Gasteiger partial charge in [-0.3, -0.25) is 4.79 Å². The van der Waals surface area contributed by atoms with Crippen molar-refractivity contribution in [2.24, 2.45) is 12.5 Å². The minimum absolute atomic E-state index is 0.144. The van der Waals surface area contributed by atoms with Crippen LogP contribution in [0.4, 0.5) is 0 Å². The van der Waals surface area contributed by atoms with Crippen LogP contribution >= 0.6 is 0 Å². The van der Waals surface area contributed by atoms with Gasteiger partial charge in [-0.05, 0) is 37.0 Å². The summed E-state index contributed by atoms with van der Waals surface area (Å²) in [5.74, 6) is 0.144. The van der Waals surface area contributed by atoms with Crippen LogP contribution in [-0.4, -0.2) is 41.7 Å². The van der Waals surface area contributed by atoms with E-state index in [2.05, 4.69) is 12.1 Å². The normalized spacial score (nSPS) is 23.8. The second-order valence-corrected chi connectivity index (χ2v) is 7.16. The minimum Gasteiger partial charge on any atom is -0.381 e. The van der Waals surface area contributed by atoms with Gasteiger partial charge < -0.3 is 14.2 Å². The summed E-state index contributed by atoms with van der Waals surface area (Å²) < 4.78 is 7.63. The third kappa shape index (κ3) is 2.65. The number of hydrogen-bond acceptors (Lipinski definition) is 2. The predicted molar refractivity (Wildman–Crippen MR) is 93.9 cm³/mol. The molecular formula is C20H24N2O2. The topological polar surface area (TPSA) is 34.5 Å². The van der Waals surface area contributed by atoms with Crippen LogP contribution in [0.3, 0.4) is 0 Å². The maximum absolute atomic E-state index is 13.1. The standard InChI is InChI=1S/C20H24N2O2/c1-21-17(16-6-3-2-4-7-16)8-9-18(21)19(23)22-12-5-10-20(14-22)11-13-24-15-20/h2-4,6-9H,5,10-15H2,1H3/t20-/m1/s1. The molecule has 2 saturated heterocycles. The molecule has 24 heavy (non-hydrogen) atoms. The molecule has 1 atom stereocenters. The first-order valence-electron chi connectivity index (χ1n) is 8.77. The average Bonchev–Trinajstić information content (AvgIpc) is 3.22. The van der Waals surface area contributed by atoms with Gasteiger partial charge >= 0.3 is 0 Å². The third-order valence-electron chi connectivity index (χ3n) is 5.54. The van der Waals surface area contributed by atoms with Gasteiger partial charge in [-0.2, -0.15) is 0 Å². The molecule has 2 fully saturated rings. The highest BCUT2D eigenvalue weighted by Crippen LogP contribution is 2.38. The van der Waals surface area contributed by atoms with Gasteiger partial charge in [-0.15, -0.1) is 0 Å². The lowest BCUT2D eigenvalue weighted by atomic mass is 9.79. The summed E-state index contributed by atoms with van der Waals surface area (Å²) in [6.45, 7) is 3.33. The number of aromatic nitrogens is 1. The van der Waals surface area contributed by atoms with E-state index in [1.165, 1.54) is 6.42 Å². The Morgan fingerprint density at radius 2 is 1.96 bits per heavy atom. The van der Waals surface area contributed by atoms with E-state index < -0.39 is 0 Å². The Hall–Kier alpha value is -2.07. The molecule has 3 heterocycles. The van der Waals surface area contributed by atoms with Crippen LogP contribution in [0.2, 0.25) is 0 Å². The molecule has 0 unspecified atom stereocenters. The summed E-state index contributed by atoms with van der Waals surface area (Å²) in [4.78, 5) is 15.1. The molecule has 1 spiro atoms. The molecule has 1 amide bonds. The fourth-order valence-electron chi connectivity index (χ4n) is 4.14. The summed E-state index contributed by atoms with van der Waals surface area (Å²) in [6.07, 6.45) is 3.34. The molecule has 126 valence electrons. The summed E-state index contributed by atoms with van der Waals surface area (Å²) in [5, 5.41) is 0. The lowest BCUT2D eigenvalue weighted by Gasteiger charge is -2.39. The zero-order chi connectivity index (χ0) is 16.6. The van der Waals surface area contributed by atoms with Crippen molar-refractivity contribution in [3.63, 3.8) is 0 Å². The van der Waals surface area contributed by atoms with Crippen molar-refractivity contribution in [1.82, 2.24) is 9.47 Å². The molecule has 0 radical (unpaired) electrons. The summed E-state index contributed by atoms with van der Waals surface area (Å²) in [6, 6.07) is 14.2. The van der Waals surface area contributed by atoms with Crippen molar-refractivity contribution >= 4 is 5.91 Å². The van der Waals surface area contributed by atoms with E-state index >= 15 is 0 Å². The lowest BCUT2D eigenvalue weighted by Crippen LogP contribution is -2.46. The molecule has 4 rings (SSSR count). The van der Waals surface area contributed by atoms with Crippen molar-refractivity contribution in [2.45, 2.75) is 19.3 Å². The largest absolute Gasteiger partial charge is 0.381 e. The fourth-order valence-corrected chi connectivity index (χ4v) is 4.14. The molecule has 2 aliphatic heterocycles. The Labute approximate surface area is 143 Å². The molecule has 2 aromatic rings. The van der Waals surface area contributed by atoms with Crippen molar-refractivity contribution < 1.29 is 9.53 Å². The molecule has 0 aliphatic carbocycles. The molecule has 1 aromatic carbocycles. The Bertz CT molecular complexity index is 729. The SMILES string of the molecule is Cn1c(C(=O)N2CCC[C@@]3(CCOC3)C2)ccc1-c1ccccc1. The second-order valence-electron chi connectivity index (χ2n) is 7.16. The number of carbonyl (C=O) groups excluding carboxylic acids is 1. The van der Waals surface area contributed by atoms with E-state index in [0.29, 0.717) is 0 Å². The van der Waals surface area contributed by atoms with Crippen molar-refractivity contribution in [2.75, 3.05) is 26.3 Å². The van der Waals surface area contributed by atoms with E-state index in [9.17, 15) is 4.79 Å². The van der Waals surface area contributed by atoms with Crippen LogP contribution in [0.1, 0.15) is 29.8 Å². The molecule has 0 bridgehead atoms. The Morgan fingerprint density at radius 3 is 2.71 bits per heavy atom. The first kappa shape index (κ1) is 15.5. The molecule has 2 aliphatic rings. The molecule has 0 saturated carbocycles. The number of hydrogen-bond donors (Lipinski definition) is 0. The Morgan fingerprint density at radius 1 is 1.12 bits per heavy atom. The number of likely N-dealkylation sites (tertiary alicyclic amines) is 1. The Kier molecular flexibility index (Phi) is 3.93. The zero-order valence-corrected chi connectivity index (χ0v) is 14.2. The van der Waals surface area contributed by atoms with Gasteiger partial charge in [0.2, 0.25) is 0 Å². The summed E-state index contributed by atoms with van der Waals surface area (Å²) in [5.41, 5.74) is 3.18.